The molecule has 1 heterocycles. The maximum Gasteiger partial charge on any atom is 0.417 e. The van der Waals surface area contributed by atoms with E-state index in [1.165, 1.54) is 6.07 Å². The van der Waals surface area contributed by atoms with Crippen molar-refractivity contribution in [2.45, 2.75) is 25.6 Å². The van der Waals surface area contributed by atoms with Crippen LogP contribution in [-0.4, -0.2) is 4.98 Å². The van der Waals surface area contributed by atoms with Crippen molar-refractivity contribution in [2.75, 3.05) is 0 Å². The number of nitrogens with zero attached hydrogens (tertiary/aromatic N) is 1. The van der Waals surface area contributed by atoms with Crippen LogP contribution >= 0.6 is 0 Å². The van der Waals surface area contributed by atoms with Crippen LogP contribution in [0.3, 0.4) is 0 Å². The highest BCUT2D eigenvalue weighted by molar-refractivity contribution is 5.32. The number of aryl methyl sites for hydroxylation is 1. The first kappa shape index (κ1) is 15.5. The summed E-state index contributed by atoms with van der Waals surface area (Å²) in [5, 5.41) is 0. The molecule has 0 spiro atoms. The van der Waals surface area contributed by atoms with Crippen LogP contribution in [0.25, 0.3) is 0 Å². The number of nitrogens with one attached hydrogen (secondary N) is 1. The Hall–Kier alpha value is -1.92. The van der Waals surface area contributed by atoms with Crippen molar-refractivity contribution < 1.29 is 13.2 Å². The van der Waals surface area contributed by atoms with E-state index in [0.717, 1.165) is 29.8 Å². The summed E-state index contributed by atoms with van der Waals surface area (Å²) in [6.45, 7) is 2.03. The first-order chi connectivity index (χ1) is 9.95. The molecule has 3 nitrogen and oxygen atoms in total. The number of halogens is 3. The second-order valence-corrected chi connectivity index (χ2v) is 4.67. The third-order valence-electron chi connectivity index (χ3n) is 3.27. The first-order valence-electron chi connectivity index (χ1n) is 6.53. The Morgan fingerprint density at radius 3 is 2.52 bits per heavy atom. The molecule has 21 heavy (non-hydrogen) atoms. The van der Waals surface area contributed by atoms with Gasteiger partial charge in [0.1, 0.15) is 0 Å². The van der Waals surface area contributed by atoms with Gasteiger partial charge in [0.25, 0.3) is 0 Å². The smallest absolute Gasteiger partial charge is 0.271 e. The summed E-state index contributed by atoms with van der Waals surface area (Å²) in [7, 11) is 0. The van der Waals surface area contributed by atoms with Crippen LogP contribution in [0.2, 0.25) is 0 Å². The minimum atomic E-state index is -4.39. The van der Waals surface area contributed by atoms with Gasteiger partial charge >= 0.3 is 6.18 Å². The summed E-state index contributed by atoms with van der Waals surface area (Å²) in [5.41, 5.74) is 4.26. The minimum absolute atomic E-state index is 0.443. The lowest BCUT2D eigenvalue weighted by atomic mass is 10.00. The molecule has 0 radical (unpaired) electrons. The molecule has 0 amide bonds. The summed E-state index contributed by atoms with van der Waals surface area (Å²) in [4.78, 5) is 3.89. The third kappa shape index (κ3) is 3.59. The Balaban J connectivity index is 2.32. The number of pyridine rings is 1. The van der Waals surface area contributed by atoms with Crippen molar-refractivity contribution in [3.05, 3.63) is 65.0 Å². The van der Waals surface area contributed by atoms with Gasteiger partial charge in [0.2, 0.25) is 0 Å². The minimum Gasteiger partial charge on any atom is -0.271 e. The number of hydrogen-bond donors (Lipinski definition) is 2. The van der Waals surface area contributed by atoms with E-state index in [1.54, 1.807) is 0 Å². The van der Waals surface area contributed by atoms with Crippen molar-refractivity contribution in [3.8, 4) is 0 Å². The fraction of sp³-hybridized carbons (Fsp3) is 0.267. The maximum absolute atomic E-state index is 12.5. The number of hydrazine groups is 1. The Bertz CT molecular complexity index is 594. The molecular formula is C15H16F3N3. The van der Waals surface area contributed by atoms with Crippen LogP contribution in [0.15, 0.2) is 42.6 Å². The average Bonchev–Trinajstić information content (AvgIpc) is 2.48. The van der Waals surface area contributed by atoms with Gasteiger partial charge < -0.3 is 0 Å². The van der Waals surface area contributed by atoms with Crippen molar-refractivity contribution in [3.63, 3.8) is 0 Å². The fourth-order valence-corrected chi connectivity index (χ4v) is 2.09. The monoisotopic (exact) mass is 295 g/mol. The largest absolute Gasteiger partial charge is 0.417 e. The average molecular weight is 295 g/mol. The van der Waals surface area contributed by atoms with Crippen molar-refractivity contribution in [1.29, 1.82) is 0 Å². The zero-order valence-corrected chi connectivity index (χ0v) is 11.5. The molecule has 0 aliphatic rings. The van der Waals surface area contributed by atoms with Gasteiger partial charge in [-0.1, -0.05) is 31.2 Å². The summed E-state index contributed by atoms with van der Waals surface area (Å²) < 4.78 is 37.6. The summed E-state index contributed by atoms with van der Waals surface area (Å²) in [5.74, 6) is 5.54. The molecule has 2 aromatic rings. The van der Waals surface area contributed by atoms with Crippen molar-refractivity contribution in [1.82, 2.24) is 10.4 Å². The highest BCUT2D eigenvalue weighted by Crippen LogP contribution is 2.29. The van der Waals surface area contributed by atoms with Crippen molar-refractivity contribution >= 4 is 0 Å². The molecular weight excluding hydrogens is 279 g/mol. The Morgan fingerprint density at radius 1 is 1.24 bits per heavy atom. The van der Waals surface area contributed by atoms with Crippen LogP contribution in [0.1, 0.15) is 35.3 Å². The normalized spacial score (nSPS) is 13.2. The summed E-state index contributed by atoms with van der Waals surface area (Å²) >= 11 is 0. The van der Waals surface area contributed by atoms with E-state index in [-0.39, 0.29) is 0 Å². The van der Waals surface area contributed by atoms with E-state index in [0.29, 0.717) is 5.69 Å². The molecule has 1 aromatic carbocycles. The zero-order valence-electron chi connectivity index (χ0n) is 11.5. The SMILES string of the molecule is CCc1cccc(C(NN)c2ccc(C(F)(F)F)cn2)c1. The predicted molar refractivity (Wildman–Crippen MR) is 74.2 cm³/mol. The highest BCUT2D eigenvalue weighted by Gasteiger charge is 2.31. The molecule has 0 aliphatic heterocycles. The van der Waals surface area contributed by atoms with Gasteiger partial charge in [-0.2, -0.15) is 13.2 Å². The molecule has 1 aromatic heterocycles. The number of hydrogen-bond acceptors (Lipinski definition) is 3. The lowest BCUT2D eigenvalue weighted by molar-refractivity contribution is -0.137. The lowest BCUT2D eigenvalue weighted by Gasteiger charge is -2.17. The molecule has 0 bridgehead atoms. The quantitative estimate of drug-likeness (QED) is 0.672. The van der Waals surface area contributed by atoms with Crippen LogP contribution in [-0.2, 0) is 12.6 Å². The van der Waals surface area contributed by atoms with Gasteiger partial charge in [0.05, 0.1) is 17.3 Å². The van der Waals surface area contributed by atoms with Crippen LogP contribution < -0.4 is 11.3 Å². The molecule has 1 unspecified atom stereocenters. The summed E-state index contributed by atoms with van der Waals surface area (Å²) in [6, 6.07) is 9.61. The fourth-order valence-electron chi connectivity index (χ4n) is 2.09. The second kappa shape index (κ2) is 6.24. The molecule has 0 saturated carbocycles. The van der Waals surface area contributed by atoms with Crippen LogP contribution in [0, 0.1) is 0 Å². The standard InChI is InChI=1S/C15H16F3N3/c1-2-10-4-3-5-11(8-10)14(21-19)13-7-6-12(9-20-13)15(16,17)18/h3-9,14,21H,2,19H2,1H3. The summed E-state index contributed by atoms with van der Waals surface area (Å²) in [6.07, 6.45) is -2.70. The number of nitrogens with two attached hydrogens (primary N) is 1. The molecule has 112 valence electrons. The van der Waals surface area contributed by atoms with Gasteiger partial charge in [-0.25, -0.2) is 5.43 Å². The first-order valence-corrected chi connectivity index (χ1v) is 6.53. The van der Waals surface area contributed by atoms with E-state index in [9.17, 15) is 13.2 Å². The number of aromatic nitrogens is 1. The maximum atomic E-state index is 12.5. The van der Waals surface area contributed by atoms with Gasteiger partial charge in [0, 0.05) is 6.20 Å². The van der Waals surface area contributed by atoms with Crippen LogP contribution in [0.5, 0.6) is 0 Å². The number of rotatable bonds is 4. The van der Waals surface area contributed by atoms with E-state index < -0.39 is 17.8 Å². The molecule has 0 saturated heterocycles. The lowest BCUT2D eigenvalue weighted by Crippen LogP contribution is -2.29. The van der Waals surface area contributed by atoms with Crippen LogP contribution in [0.4, 0.5) is 13.2 Å². The predicted octanol–water partition coefficient (Wildman–Crippen LogP) is 3.22. The van der Waals surface area contributed by atoms with E-state index >= 15 is 0 Å². The van der Waals surface area contributed by atoms with E-state index in [2.05, 4.69) is 10.4 Å². The molecule has 6 heteroatoms. The molecule has 1 atom stereocenters. The highest BCUT2D eigenvalue weighted by atomic mass is 19.4. The topological polar surface area (TPSA) is 50.9 Å². The Morgan fingerprint density at radius 2 is 2.00 bits per heavy atom. The van der Waals surface area contributed by atoms with Gasteiger partial charge in [-0.3, -0.25) is 10.8 Å². The number of alkyl halides is 3. The molecule has 0 aliphatic carbocycles. The van der Waals surface area contributed by atoms with E-state index in [1.807, 2.05) is 31.2 Å². The van der Waals surface area contributed by atoms with Gasteiger partial charge in [0.15, 0.2) is 0 Å². The zero-order chi connectivity index (χ0) is 15.5. The van der Waals surface area contributed by atoms with Gasteiger partial charge in [-0.05, 0) is 29.7 Å². The molecule has 2 rings (SSSR count). The number of benzene rings is 1. The Kier molecular flexibility index (Phi) is 4.59. The molecule has 3 N–H and O–H groups in total. The van der Waals surface area contributed by atoms with Gasteiger partial charge in [-0.15, -0.1) is 0 Å². The van der Waals surface area contributed by atoms with E-state index in [4.69, 9.17) is 5.84 Å². The molecule has 0 fully saturated rings. The second-order valence-electron chi connectivity index (χ2n) is 4.67. The Labute approximate surface area is 121 Å². The third-order valence-corrected chi connectivity index (χ3v) is 3.27. The van der Waals surface area contributed by atoms with Crippen molar-refractivity contribution in [2.24, 2.45) is 5.84 Å².